The summed E-state index contributed by atoms with van der Waals surface area (Å²) < 4.78 is 51.1. The van der Waals surface area contributed by atoms with Crippen LogP contribution in [0.2, 0.25) is 0 Å². The summed E-state index contributed by atoms with van der Waals surface area (Å²) in [5.74, 6) is -4.14. The minimum Gasteiger partial charge on any atom is -0.507 e. The standard InChI is InChI=1S/C26H25F3N4O4/c1-26(2,3)37-25(36)32-8-9-33-17(12-32)24(35)31(4)16-11-30-22-13(23(16)33)10-15(28)20(21(22)29)19-14(27)6-5-7-18(19)34/h5-7,10-11,17,34H,8-9,12H2,1-4H3/t17-/m1/s1. The van der Waals surface area contributed by atoms with Gasteiger partial charge in [-0.1, -0.05) is 6.07 Å². The van der Waals surface area contributed by atoms with E-state index in [2.05, 4.69) is 4.98 Å². The van der Waals surface area contributed by atoms with E-state index in [0.717, 1.165) is 18.2 Å². The number of amides is 2. The number of aromatic hydroxyl groups is 1. The Hall–Kier alpha value is -4.02. The molecule has 0 radical (unpaired) electrons. The third-order valence-corrected chi connectivity index (χ3v) is 6.54. The molecule has 1 saturated heterocycles. The minimum atomic E-state index is -1.14. The number of carbonyl (C=O) groups is 2. The third kappa shape index (κ3) is 3.98. The number of phenols is 1. The number of hydrogen-bond donors (Lipinski definition) is 1. The molecule has 5 rings (SSSR count). The molecule has 0 aliphatic carbocycles. The van der Waals surface area contributed by atoms with Gasteiger partial charge in [0.25, 0.3) is 5.91 Å². The van der Waals surface area contributed by atoms with Crippen LogP contribution in [-0.4, -0.2) is 65.3 Å². The number of nitrogens with zero attached hydrogens (tertiary/aromatic N) is 4. The van der Waals surface area contributed by atoms with Crippen molar-refractivity contribution >= 4 is 34.3 Å². The van der Waals surface area contributed by atoms with E-state index in [1.54, 1.807) is 25.7 Å². The highest BCUT2D eigenvalue weighted by atomic mass is 19.1. The fraction of sp³-hybridized carbons (Fsp3) is 0.346. The molecule has 1 N–H and O–H groups in total. The van der Waals surface area contributed by atoms with Gasteiger partial charge in [-0.25, -0.2) is 18.0 Å². The smallest absolute Gasteiger partial charge is 0.410 e. The SMILES string of the molecule is CN1C(=O)[C@H]2CN(C(=O)OC(C)(C)C)CCN2c2c1cnc1c(F)c(-c3c(O)cccc3F)c(F)cc21. The Kier molecular flexibility index (Phi) is 5.69. The summed E-state index contributed by atoms with van der Waals surface area (Å²) in [6, 6.07) is 3.58. The van der Waals surface area contributed by atoms with Crippen LogP contribution in [0.15, 0.2) is 30.5 Å². The predicted molar refractivity (Wildman–Crippen MR) is 131 cm³/mol. The number of likely N-dealkylation sites (N-methyl/N-ethyl adjacent to an activating group) is 1. The summed E-state index contributed by atoms with van der Waals surface area (Å²) in [6.45, 7) is 5.68. The van der Waals surface area contributed by atoms with E-state index in [4.69, 9.17) is 4.74 Å². The molecule has 2 aliphatic rings. The lowest BCUT2D eigenvalue weighted by Gasteiger charge is -2.47. The second kappa shape index (κ2) is 8.53. The van der Waals surface area contributed by atoms with Crippen LogP contribution < -0.4 is 9.80 Å². The van der Waals surface area contributed by atoms with Crippen LogP contribution in [0.25, 0.3) is 22.0 Å². The first kappa shape index (κ1) is 24.7. The summed E-state index contributed by atoms with van der Waals surface area (Å²) in [7, 11) is 1.52. The second-order valence-corrected chi connectivity index (χ2v) is 10.1. The Labute approximate surface area is 210 Å². The number of fused-ring (bicyclic) bond motifs is 5. The van der Waals surface area contributed by atoms with Gasteiger partial charge in [0.2, 0.25) is 0 Å². The zero-order valence-electron chi connectivity index (χ0n) is 20.7. The number of ether oxygens (including phenoxy) is 1. The number of carbonyl (C=O) groups excluding carboxylic acids is 2. The zero-order valence-corrected chi connectivity index (χ0v) is 20.7. The molecule has 1 atom stereocenters. The Balaban J connectivity index is 1.63. The van der Waals surface area contributed by atoms with Crippen molar-refractivity contribution in [2.24, 2.45) is 0 Å². The van der Waals surface area contributed by atoms with Crippen molar-refractivity contribution in [2.75, 3.05) is 36.5 Å². The monoisotopic (exact) mass is 514 g/mol. The maximum Gasteiger partial charge on any atom is 0.410 e. The van der Waals surface area contributed by atoms with E-state index < -0.39 is 52.1 Å². The Bertz CT molecular complexity index is 1440. The summed E-state index contributed by atoms with van der Waals surface area (Å²) in [6.07, 6.45) is 0.747. The highest BCUT2D eigenvalue weighted by Crippen LogP contribution is 2.45. The van der Waals surface area contributed by atoms with Crippen LogP contribution in [-0.2, 0) is 9.53 Å². The number of rotatable bonds is 1. The van der Waals surface area contributed by atoms with Crippen LogP contribution in [0, 0.1) is 17.5 Å². The van der Waals surface area contributed by atoms with E-state index >= 15 is 8.78 Å². The van der Waals surface area contributed by atoms with E-state index in [-0.39, 0.29) is 36.4 Å². The molecule has 2 aromatic carbocycles. The third-order valence-electron chi connectivity index (χ3n) is 6.54. The van der Waals surface area contributed by atoms with E-state index in [1.165, 1.54) is 29.1 Å². The highest BCUT2D eigenvalue weighted by Gasteiger charge is 2.43. The van der Waals surface area contributed by atoms with E-state index in [9.17, 15) is 19.1 Å². The molecule has 0 bridgehead atoms. The molecule has 0 saturated carbocycles. The van der Waals surface area contributed by atoms with Crippen molar-refractivity contribution in [3.8, 4) is 16.9 Å². The molecule has 8 nitrogen and oxygen atoms in total. The first-order valence-electron chi connectivity index (χ1n) is 11.7. The molecule has 1 aromatic heterocycles. The molecule has 0 unspecified atom stereocenters. The predicted octanol–water partition coefficient (Wildman–Crippen LogP) is 4.43. The first-order valence-corrected chi connectivity index (χ1v) is 11.7. The van der Waals surface area contributed by atoms with Gasteiger partial charge in [-0.05, 0) is 39.0 Å². The van der Waals surface area contributed by atoms with E-state index in [0.29, 0.717) is 11.4 Å². The van der Waals surface area contributed by atoms with Gasteiger partial charge >= 0.3 is 6.09 Å². The summed E-state index contributed by atoms with van der Waals surface area (Å²) in [4.78, 5) is 34.5. The van der Waals surface area contributed by atoms with Crippen molar-refractivity contribution in [1.82, 2.24) is 9.88 Å². The molecule has 3 aromatic rings. The van der Waals surface area contributed by atoms with Crippen molar-refractivity contribution in [2.45, 2.75) is 32.4 Å². The number of hydrogen-bond acceptors (Lipinski definition) is 6. The number of anilines is 2. The quantitative estimate of drug-likeness (QED) is 0.517. The molecule has 194 valence electrons. The molecular formula is C26H25F3N4O4. The van der Waals surface area contributed by atoms with Crippen LogP contribution in [0.1, 0.15) is 20.8 Å². The van der Waals surface area contributed by atoms with Gasteiger partial charge in [-0.15, -0.1) is 0 Å². The van der Waals surface area contributed by atoms with Gasteiger partial charge < -0.3 is 24.5 Å². The van der Waals surface area contributed by atoms with Gasteiger partial charge in [-0.2, -0.15) is 0 Å². The van der Waals surface area contributed by atoms with Crippen molar-refractivity contribution in [1.29, 1.82) is 0 Å². The highest BCUT2D eigenvalue weighted by molar-refractivity contribution is 6.12. The van der Waals surface area contributed by atoms with Crippen LogP contribution in [0.5, 0.6) is 5.75 Å². The van der Waals surface area contributed by atoms with Crippen LogP contribution >= 0.6 is 0 Å². The molecule has 1 fully saturated rings. The number of piperazine rings is 1. The van der Waals surface area contributed by atoms with Gasteiger partial charge in [-0.3, -0.25) is 9.78 Å². The second-order valence-electron chi connectivity index (χ2n) is 10.1. The van der Waals surface area contributed by atoms with Crippen molar-refractivity contribution < 1.29 is 32.6 Å². The molecular weight excluding hydrogens is 489 g/mol. The lowest BCUT2D eigenvalue weighted by Crippen LogP contribution is -2.63. The topological polar surface area (TPSA) is 86.2 Å². The first-order chi connectivity index (χ1) is 17.4. The Morgan fingerprint density at radius 2 is 1.86 bits per heavy atom. The van der Waals surface area contributed by atoms with Crippen LogP contribution in [0.4, 0.5) is 29.3 Å². The van der Waals surface area contributed by atoms with Crippen LogP contribution in [0.3, 0.4) is 0 Å². The van der Waals surface area contributed by atoms with E-state index in [1.807, 2.05) is 0 Å². The number of aromatic nitrogens is 1. The average molecular weight is 515 g/mol. The largest absolute Gasteiger partial charge is 0.507 e. The van der Waals surface area contributed by atoms with Gasteiger partial charge in [0.05, 0.1) is 35.2 Å². The number of benzene rings is 2. The Morgan fingerprint density at radius 3 is 2.54 bits per heavy atom. The lowest BCUT2D eigenvalue weighted by atomic mass is 9.97. The summed E-state index contributed by atoms with van der Waals surface area (Å²) >= 11 is 0. The van der Waals surface area contributed by atoms with Crippen molar-refractivity contribution in [3.05, 3.63) is 47.9 Å². The Morgan fingerprint density at radius 1 is 1.14 bits per heavy atom. The molecule has 2 amide bonds. The zero-order chi connectivity index (χ0) is 26.8. The maximum atomic E-state index is 15.7. The summed E-state index contributed by atoms with van der Waals surface area (Å²) in [5, 5.41) is 10.2. The number of phenolic OH excluding ortho intramolecular Hbond substituents is 1. The van der Waals surface area contributed by atoms with Gasteiger partial charge in [0.15, 0.2) is 5.82 Å². The van der Waals surface area contributed by atoms with Crippen molar-refractivity contribution in [3.63, 3.8) is 0 Å². The molecule has 0 spiro atoms. The lowest BCUT2D eigenvalue weighted by molar-refractivity contribution is -0.120. The number of halogens is 3. The number of pyridine rings is 1. The average Bonchev–Trinajstić information content (AvgIpc) is 2.82. The maximum absolute atomic E-state index is 15.7. The van der Waals surface area contributed by atoms with Gasteiger partial charge in [0, 0.05) is 25.5 Å². The molecule has 11 heteroatoms. The normalized spacial score (nSPS) is 17.6. The fourth-order valence-electron chi connectivity index (χ4n) is 4.87. The fourth-order valence-corrected chi connectivity index (χ4v) is 4.87. The molecule has 3 heterocycles. The molecule has 37 heavy (non-hydrogen) atoms. The van der Waals surface area contributed by atoms with Gasteiger partial charge in [0.1, 0.15) is 34.5 Å². The minimum absolute atomic E-state index is 0.0213. The molecule has 2 aliphatic heterocycles. The summed E-state index contributed by atoms with van der Waals surface area (Å²) in [5.41, 5.74) is -1.57.